The van der Waals surface area contributed by atoms with Gasteiger partial charge in [-0.05, 0) is 28.5 Å². The lowest BCUT2D eigenvalue weighted by molar-refractivity contribution is -0.147. The summed E-state index contributed by atoms with van der Waals surface area (Å²) in [5, 5.41) is 11.4. The fraction of sp³-hybridized carbons (Fsp3) is 0.0952. The van der Waals surface area contributed by atoms with Gasteiger partial charge in [0.25, 0.3) is 0 Å². The number of ether oxygens (including phenoxy) is 2. The summed E-state index contributed by atoms with van der Waals surface area (Å²) in [5.41, 5.74) is 0.525. The van der Waals surface area contributed by atoms with Crippen molar-refractivity contribution in [2.75, 3.05) is 6.79 Å². The van der Waals surface area contributed by atoms with Crippen molar-refractivity contribution in [1.82, 2.24) is 0 Å². The van der Waals surface area contributed by atoms with Crippen LogP contribution in [0.4, 0.5) is 0 Å². The van der Waals surface area contributed by atoms with Gasteiger partial charge in [0.2, 0.25) is 6.79 Å². The van der Waals surface area contributed by atoms with Gasteiger partial charge in [0.1, 0.15) is 0 Å². The molecule has 6 heteroatoms. The zero-order valence-corrected chi connectivity index (χ0v) is 14.5. The highest BCUT2D eigenvalue weighted by atomic mass is 16.7. The van der Waals surface area contributed by atoms with Gasteiger partial charge in [-0.2, -0.15) is 0 Å². The molecule has 0 radical (unpaired) electrons. The van der Waals surface area contributed by atoms with E-state index in [-0.39, 0.29) is 16.7 Å². The van der Waals surface area contributed by atoms with Crippen LogP contribution in [0.25, 0.3) is 21.5 Å². The molecule has 0 aliphatic rings. The average Bonchev–Trinajstić information content (AvgIpc) is 2.65. The van der Waals surface area contributed by atoms with Gasteiger partial charge in [-0.1, -0.05) is 55.1 Å². The van der Waals surface area contributed by atoms with Gasteiger partial charge < -0.3 is 14.6 Å². The molecule has 0 spiro atoms. The number of carboxylic acids is 1. The average molecular weight is 364 g/mol. The molecule has 0 saturated carbocycles. The molecule has 0 bridgehead atoms. The third-order valence-corrected chi connectivity index (χ3v) is 4.08. The summed E-state index contributed by atoms with van der Waals surface area (Å²) in [6.07, 6.45) is 0. The molecule has 0 aliphatic carbocycles. The normalized spacial score (nSPS) is 10.6. The van der Waals surface area contributed by atoms with Crippen LogP contribution in [-0.4, -0.2) is 29.8 Å². The Bertz CT molecular complexity index is 1040. The third-order valence-electron chi connectivity index (χ3n) is 4.08. The molecule has 0 fully saturated rings. The molecule has 0 aliphatic heterocycles. The molecular weight excluding hydrogens is 348 g/mol. The second kappa shape index (κ2) is 7.29. The number of hydrogen-bond donors (Lipinski definition) is 1. The first-order valence-electron chi connectivity index (χ1n) is 8.08. The lowest BCUT2D eigenvalue weighted by Gasteiger charge is -2.14. The van der Waals surface area contributed by atoms with Crippen molar-refractivity contribution in [3.05, 3.63) is 71.8 Å². The largest absolute Gasteiger partial charge is 0.478 e. The molecule has 3 aromatic carbocycles. The van der Waals surface area contributed by atoms with Gasteiger partial charge >= 0.3 is 17.9 Å². The van der Waals surface area contributed by atoms with E-state index in [0.29, 0.717) is 21.5 Å². The maximum absolute atomic E-state index is 12.7. The minimum absolute atomic E-state index is 0.117. The van der Waals surface area contributed by atoms with Gasteiger partial charge in [0.15, 0.2) is 0 Å². The monoisotopic (exact) mass is 364 g/mol. The number of carboxylic acid groups (broad SMARTS) is 1. The first kappa shape index (κ1) is 18.1. The van der Waals surface area contributed by atoms with E-state index < -0.39 is 24.7 Å². The number of fused-ring (bicyclic) bond motifs is 2. The summed E-state index contributed by atoms with van der Waals surface area (Å²) in [5.74, 6) is -2.47. The number of carbonyl (C=O) groups excluding carboxylic acids is 2. The number of aromatic carboxylic acids is 1. The molecular formula is C21H16O6. The van der Waals surface area contributed by atoms with Crippen LogP contribution >= 0.6 is 0 Å². The van der Waals surface area contributed by atoms with Crippen LogP contribution < -0.4 is 0 Å². The fourth-order valence-corrected chi connectivity index (χ4v) is 2.91. The van der Waals surface area contributed by atoms with E-state index in [2.05, 4.69) is 6.58 Å². The molecule has 0 unspecified atom stereocenters. The van der Waals surface area contributed by atoms with Crippen LogP contribution in [0.2, 0.25) is 0 Å². The minimum Gasteiger partial charge on any atom is -0.478 e. The van der Waals surface area contributed by atoms with E-state index in [0.717, 1.165) is 0 Å². The molecule has 0 saturated heterocycles. The highest BCUT2D eigenvalue weighted by Crippen LogP contribution is 2.33. The second-order valence-electron chi connectivity index (χ2n) is 5.91. The molecule has 0 amide bonds. The SMILES string of the molecule is C=C(C)C(=O)OCOC(=O)c1c2ccccc2c(C(=O)O)c2ccccc12. The topological polar surface area (TPSA) is 89.9 Å². The smallest absolute Gasteiger partial charge is 0.342 e. The fourth-order valence-electron chi connectivity index (χ4n) is 2.91. The van der Waals surface area contributed by atoms with Crippen molar-refractivity contribution in [2.45, 2.75) is 6.92 Å². The summed E-state index contributed by atoms with van der Waals surface area (Å²) < 4.78 is 9.90. The van der Waals surface area contributed by atoms with Crippen LogP contribution in [0.3, 0.4) is 0 Å². The standard InChI is InChI=1S/C21H16O6/c1-12(2)20(24)26-11-27-21(25)18-15-9-5-3-7-13(15)17(19(22)23)14-8-4-6-10-16(14)18/h3-10H,1,11H2,2H3,(H,22,23). The molecule has 6 nitrogen and oxygen atoms in total. The number of benzene rings is 3. The maximum Gasteiger partial charge on any atom is 0.342 e. The van der Waals surface area contributed by atoms with E-state index in [1.807, 2.05) is 0 Å². The molecule has 27 heavy (non-hydrogen) atoms. The van der Waals surface area contributed by atoms with Crippen molar-refractivity contribution in [3.63, 3.8) is 0 Å². The van der Waals surface area contributed by atoms with Crippen molar-refractivity contribution in [1.29, 1.82) is 0 Å². The van der Waals surface area contributed by atoms with Crippen molar-refractivity contribution in [2.24, 2.45) is 0 Å². The Morgan fingerprint density at radius 2 is 1.30 bits per heavy atom. The van der Waals surface area contributed by atoms with E-state index in [4.69, 9.17) is 9.47 Å². The van der Waals surface area contributed by atoms with E-state index in [1.165, 1.54) is 6.92 Å². The maximum atomic E-state index is 12.7. The highest BCUT2D eigenvalue weighted by Gasteiger charge is 2.22. The Morgan fingerprint density at radius 3 is 1.70 bits per heavy atom. The molecule has 0 atom stereocenters. The zero-order chi connectivity index (χ0) is 19.6. The molecule has 136 valence electrons. The first-order chi connectivity index (χ1) is 12.9. The van der Waals surface area contributed by atoms with Crippen LogP contribution in [-0.2, 0) is 14.3 Å². The Balaban J connectivity index is 2.13. The Kier molecular flexibility index (Phi) is 4.90. The lowest BCUT2D eigenvalue weighted by atomic mass is 9.92. The van der Waals surface area contributed by atoms with Crippen LogP contribution in [0.1, 0.15) is 27.6 Å². The number of esters is 2. The summed E-state index contributed by atoms with van der Waals surface area (Å²) in [4.78, 5) is 36.0. The predicted octanol–water partition coefficient (Wildman–Crippen LogP) is 3.92. The van der Waals surface area contributed by atoms with E-state index in [9.17, 15) is 19.5 Å². The van der Waals surface area contributed by atoms with Crippen LogP contribution in [0, 0.1) is 0 Å². The van der Waals surface area contributed by atoms with E-state index >= 15 is 0 Å². The molecule has 3 rings (SSSR count). The number of rotatable bonds is 5. The molecule has 3 aromatic rings. The summed E-state index contributed by atoms with van der Waals surface area (Å²) >= 11 is 0. The number of carbonyl (C=O) groups is 3. The Hall–Kier alpha value is -3.67. The minimum atomic E-state index is -1.09. The van der Waals surface area contributed by atoms with Gasteiger partial charge in [0.05, 0.1) is 11.1 Å². The van der Waals surface area contributed by atoms with Crippen molar-refractivity contribution < 1.29 is 29.0 Å². The van der Waals surface area contributed by atoms with Crippen LogP contribution in [0.5, 0.6) is 0 Å². The zero-order valence-electron chi connectivity index (χ0n) is 14.5. The predicted molar refractivity (Wildman–Crippen MR) is 99.6 cm³/mol. The van der Waals surface area contributed by atoms with Gasteiger partial charge in [0, 0.05) is 5.57 Å². The van der Waals surface area contributed by atoms with Crippen molar-refractivity contribution >= 4 is 39.5 Å². The third kappa shape index (κ3) is 3.37. The Morgan fingerprint density at radius 1 is 0.852 bits per heavy atom. The Labute approximate surface area is 154 Å². The quantitative estimate of drug-likeness (QED) is 0.319. The summed E-state index contributed by atoms with van der Waals surface area (Å²) in [7, 11) is 0. The summed E-state index contributed by atoms with van der Waals surface area (Å²) in [6, 6.07) is 13.4. The van der Waals surface area contributed by atoms with Crippen molar-refractivity contribution in [3.8, 4) is 0 Å². The molecule has 0 heterocycles. The highest BCUT2D eigenvalue weighted by molar-refractivity contribution is 6.24. The van der Waals surface area contributed by atoms with Gasteiger partial charge in [-0.25, -0.2) is 14.4 Å². The summed E-state index contributed by atoms with van der Waals surface area (Å²) in [6.45, 7) is 4.37. The molecule has 1 N–H and O–H groups in total. The number of hydrogen-bond acceptors (Lipinski definition) is 5. The lowest BCUT2D eigenvalue weighted by Crippen LogP contribution is -2.14. The first-order valence-corrected chi connectivity index (χ1v) is 8.08. The molecule has 0 aromatic heterocycles. The van der Waals surface area contributed by atoms with Gasteiger partial charge in [-0.15, -0.1) is 0 Å². The van der Waals surface area contributed by atoms with E-state index in [1.54, 1.807) is 48.5 Å². The second-order valence-corrected chi connectivity index (χ2v) is 5.91. The van der Waals surface area contributed by atoms with Gasteiger partial charge in [-0.3, -0.25) is 0 Å². The van der Waals surface area contributed by atoms with Crippen LogP contribution in [0.15, 0.2) is 60.7 Å².